The van der Waals surface area contributed by atoms with Crippen molar-refractivity contribution in [1.29, 1.82) is 0 Å². The molecule has 0 aliphatic carbocycles. The van der Waals surface area contributed by atoms with Gasteiger partial charge in [-0.3, -0.25) is 9.89 Å². The van der Waals surface area contributed by atoms with Crippen molar-refractivity contribution in [2.45, 2.75) is 26.3 Å². The molecule has 1 aromatic rings. The van der Waals surface area contributed by atoms with Crippen molar-refractivity contribution in [3.63, 3.8) is 0 Å². The van der Waals surface area contributed by atoms with Crippen molar-refractivity contribution in [1.82, 2.24) is 20.4 Å². The monoisotopic (exact) mass is 379 g/mol. The highest BCUT2D eigenvalue weighted by molar-refractivity contribution is 6.31. The van der Waals surface area contributed by atoms with Gasteiger partial charge in [-0.2, -0.15) is 0 Å². The van der Waals surface area contributed by atoms with Crippen LogP contribution in [-0.2, 0) is 6.42 Å². The Morgan fingerprint density at radius 1 is 1.15 bits per heavy atom. The summed E-state index contributed by atoms with van der Waals surface area (Å²) < 4.78 is 0. The Morgan fingerprint density at radius 3 is 2.46 bits per heavy atom. The highest BCUT2D eigenvalue weighted by Crippen LogP contribution is 2.15. The lowest BCUT2D eigenvalue weighted by atomic mass is 10.0. The lowest BCUT2D eigenvalue weighted by Gasteiger charge is -2.40. The molecule has 5 nitrogen and oxygen atoms in total. The van der Waals surface area contributed by atoms with E-state index in [0.29, 0.717) is 12.0 Å². The maximum Gasteiger partial charge on any atom is 0.191 e. The Hall–Kier alpha value is -1.30. The molecule has 1 aliphatic rings. The molecule has 1 saturated heterocycles. The number of guanidine groups is 1. The van der Waals surface area contributed by atoms with Crippen LogP contribution in [-0.4, -0.2) is 75.2 Å². The minimum Gasteiger partial charge on any atom is -0.356 e. The molecule has 26 heavy (non-hydrogen) atoms. The largest absolute Gasteiger partial charge is 0.356 e. The summed E-state index contributed by atoms with van der Waals surface area (Å²) in [5, 5.41) is 7.74. The Kier molecular flexibility index (Phi) is 8.69. The van der Waals surface area contributed by atoms with Crippen LogP contribution in [0.2, 0.25) is 5.02 Å². The second-order valence-corrected chi connectivity index (χ2v) is 7.78. The number of piperazine rings is 1. The molecule has 1 aliphatic heterocycles. The molecule has 0 radical (unpaired) electrons. The maximum absolute atomic E-state index is 6.22. The van der Waals surface area contributed by atoms with Gasteiger partial charge in [-0.25, -0.2) is 0 Å². The van der Waals surface area contributed by atoms with E-state index in [0.717, 1.165) is 62.2 Å². The number of rotatable bonds is 7. The summed E-state index contributed by atoms with van der Waals surface area (Å²) in [6, 6.07) is 8.52. The summed E-state index contributed by atoms with van der Waals surface area (Å²) in [7, 11) is 4.02. The molecule has 0 spiro atoms. The summed E-state index contributed by atoms with van der Waals surface area (Å²) in [5.41, 5.74) is 1.16. The number of nitrogens with zero attached hydrogens (tertiary/aromatic N) is 3. The van der Waals surface area contributed by atoms with Crippen molar-refractivity contribution in [3.05, 3.63) is 34.9 Å². The zero-order valence-electron chi connectivity index (χ0n) is 16.6. The molecule has 1 heterocycles. The van der Waals surface area contributed by atoms with E-state index in [1.54, 1.807) is 0 Å². The van der Waals surface area contributed by atoms with E-state index in [1.807, 2.05) is 25.2 Å². The first kappa shape index (κ1) is 21.0. The first-order valence-corrected chi connectivity index (χ1v) is 9.99. The fourth-order valence-electron chi connectivity index (χ4n) is 3.38. The van der Waals surface area contributed by atoms with Gasteiger partial charge in [-0.15, -0.1) is 0 Å². The first-order valence-electron chi connectivity index (χ1n) is 9.61. The molecule has 146 valence electrons. The number of aliphatic imine (C=N–C) groups is 1. The van der Waals surface area contributed by atoms with E-state index in [2.05, 4.69) is 52.4 Å². The lowest BCUT2D eigenvalue weighted by molar-refractivity contribution is 0.0900. The van der Waals surface area contributed by atoms with Crippen LogP contribution in [0.1, 0.15) is 19.4 Å². The lowest BCUT2D eigenvalue weighted by Crippen LogP contribution is -2.55. The van der Waals surface area contributed by atoms with E-state index in [-0.39, 0.29) is 0 Å². The Labute approximate surface area is 163 Å². The summed E-state index contributed by atoms with van der Waals surface area (Å²) in [6.45, 7) is 10.9. The number of hydrogen-bond acceptors (Lipinski definition) is 3. The topological polar surface area (TPSA) is 42.9 Å². The van der Waals surface area contributed by atoms with Crippen molar-refractivity contribution in [2.24, 2.45) is 10.9 Å². The fourth-order valence-corrected chi connectivity index (χ4v) is 3.61. The molecule has 0 bridgehead atoms. The van der Waals surface area contributed by atoms with E-state index in [1.165, 1.54) is 0 Å². The van der Waals surface area contributed by atoms with Gasteiger partial charge in [0, 0.05) is 57.4 Å². The standard InChI is InChI=1S/C20H34ClN5/c1-16(2)19(26-13-11-25(4)12-14-26)15-24-20(22-3)23-10-9-17-7-5-6-8-18(17)21/h5-8,16,19H,9-15H2,1-4H3,(H2,22,23,24). The third-order valence-electron chi connectivity index (χ3n) is 5.12. The van der Waals surface area contributed by atoms with Gasteiger partial charge in [-0.05, 0) is 31.0 Å². The Bertz CT molecular complexity index is 567. The van der Waals surface area contributed by atoms with Crippen LogP contribution in [0.5, 0.6) is 0 Å². The molecule has 6 heteroatoms. The molecule has 1 atom stereocenters. The molecular formula is C20H34ClN5. The van der Waals surface area contributed by atoms with Crippen LogP contribution in [0.15, 0.2) is 29.3 Å². The average molecular weight is 380 g/mol. The molecule has 0 saturated carbocycles. The van der Waals surface area contributed by atoms with Crippen molar-refractivity contribution in [2.75, 3.05) is 53.4 Å². The van der Waals surface area contributed by atoms with Crippen molar-refractivity contribution < 1.29 is 0 Å². The number of nitrogens with one attached hydrogen (secondary N) is 2. The third kappa shape index (κ3) is 6.45. The number of benzene rings is 1. The Balaban J connectivity index is 1.79. The highest BCUT2D eigenvalue weighted by Gasteiger charge is 2.24. The normalized spacial score (nSPS) is 18.2. The smallest absolute Gasteiger partial charge is 0.191 e. The SMILES string of the molecule is CN=C(NCCc1ccccc1Cl)NCC(C(C)C)N1CCN(C)CC1. The van der Waals surface area contributed by atoms with Gasteiger partial charge in [0.05, 0.1) is 0 Å². The summed E-state index contributed by atoms with van der Waals surface area (Å²) in [4.78, 5) is 9.37. The van der Waals surface area contributed by atoms with E-state index >= 15 is 0 Å². The molecule has 2 rings (SSSR count). The zero-order valence-corrected chi connectivity index (χ0v) is 17.4. The molecule has 1 aromatic carbocycles. The maximum atomic E-state index is 6.22. The van der Waals surface area contributed by atoms with Crippen molar-refractivity contribution in [3.8, 4) is 0 Å². The van der Waals surface area contributed by atoms with Crippen LogP contribution >= 0.6 is 11.6 Å². The second-order valence-electron chi connectivity index (χ2n) is 7.37. The van der Waals surface area contributed by atoms with Crippen LogP contribution in [0.25, 0.3) is 0 Å². The first-order chi connectivity index (χ1) is 12.5. The van der Waals surface area contributed by atoms with Gasteiger partial charge in [-0.1, -0.05) is 43.6 Å². The van der Waals surface area contributed by atoms with Gasteiger partial charge >= 0.3 is 0 Å². The van der Waals surface area contributed by atoms with Crippen LogP contribution in [0, 0.1) is 5.92 Å². The van der Waals surface area contributed by atoms with Crippen LogP contribution < -0.4 is 10.6 Å². The molecule has 1 unspecified atom stereocenters. The van der Waals surface area contributed by atoms with Crippen LogP contribution in [0.3, 0.4) is 0 Å². The molecular weight excluding hydrogens is 346 g/mol. The van der Waals surface area contributed by atoms with E-state index in [9.17, 15) is 0 Å². The third-order valence-corrected chi connectivity index (χ3v) is 5.49. The molecule has 0 aromatic heterocycles. The summed E-state index contributed by atoms with van der Waals surface area (Å²) >= 11 is 6.22. The van der Waals surface area contributed by atoms with Gasteiger partial charge in [0.15, 0.2) is 5.96 Å². The minimum atomic E-state index is 0.519. The summed E-state index contributed by atoms with van der Waals surface area (Å²) in [6.07, 6.45) is 0.881. The Morgan fingerprint density at radius 2 is 1.85 bits per heavy atom. The minimum absolute atomic E-state index is 0.519. The quantitative estimate of drug-likeness (QED) is 0.563. The molecule has 2 N–H and O–H groups in total. The molecule has 1 fully saturated rings. The number of halogens is 1. The predicted molar refractivity (Wildman–Crippen MR) is 112 cm³/mol. The average Bonchev–Trinajstić information content (AvgIpc) is 2.63. The van der Waals surface area contributed by atoms with Gasteiger partial charge in [0.25, 0.3) is 0 Å². The fraction of sp³-hybridized carbons (Fsp3) is 0.650. The second kappa shape index (κ2) is 10.8. The van der Waals surface area contributed by atoms with Gasteiger partial charge in [0.2, 0.25) is 0 Å². The zero-order chi connectivity index (χ0) is 18.9. The van der Waals surface area contributed by atoms with Crippen molar-refractivity contribution >= 4 is 17.6 Å². The summed E-state index contributed by atoms with van der Waals surface area (Å²) in [5.74, 6) is 1.46. The van der Waals surface area contributed by atoms with E-state index < -0.39 is 0 Å². The van der Waals surface area contributed by atoms with Gasteiger partial charge < -0.3 is 15.5 Å². The predicted octanol–water partition coefficient (Wildman–Crippen LogP) is 2.32. The molecule has 0 amide bonds. The number of hydrogen-bond donors (Lipinski definition) is 2. The number of likely N-dealkylation sites (N-methyl/N-ethyl adjacent to an activating group) is 1. The highest BCUT2D eigenvalue weighted by atomic mass is 35.5. The van der Waals surface area contributed by atoms with E-state index in [4.69, 9.17) is 11.6 Å². The van der Waals surface area contributed by atoms with Gasteiger partial charge in [0.1, 0.15) is 0 Å². The van der Waals surface area contributed by atoms with Crippen LogP contribution in [0.4, 0.5) is 0 Å².